The van der Waals surface area contributed by atoms with Gasteiger partial charge in [0, 0.05) is 25.3 Å². The summed E-state index contributed by atoms with van der Waals surface area (Å²) in [6, 6.07) is 6.50. The van der Waals surface area contributed by atoms with E-state index in [0.717, 1.165) is 39.1 Å². The van der Waals surface area contributed by atoms with Gasteiger partial charge in [-0.1, -0.05) is 25.1 Å². The van der Waals surface area contributed by atoms with Crippen molar-refractivity contribution >= 4 is 5.69 Å². The molecule has 0 bridgehead atoms. The molecular weight excluding hydrogens is 224 g/mol. The summed E-state index contributed by atoms with van der Waals surface area (Å²) in [6.07, 6.45) is 2.50. The monoisotopic (exact) mass is 248 g/mol. The van der Waals surface area contributed by atoms with Gasteiger partial charge in [0.1, 0.15) is 0 Å². The van der Waals surface area contributed by atoms with Crippen molar-refractivity contribution in [2.75, 3.05) is 31.6 Å². The molecule has 0 amide bonds. The van der Waals surface area contributed by atoms with Crippen molar-refractivity contribution < 1.29 is 4.74 Å². The quantitative estimate of drug-likeness (QED) is 0.839. The van der Waals surface area contributed by atoms with Gasteiger partial charge in [-0.3, -0.25) is 0 Å². The lowest BCUT2D eigenvalue weighted by atomic mass is 10.1. The number of para-hydroxylation sites is 1. The van der Waals surface area contributed by atoms with Crippen molar-refractivity contribution in [2.45, 2.75) is 32.8 Å². The van der Waals surface area contributed by atoms with Crippen LogP contribution in [0.1, 0.15) is 24.5 Å². The molecule has 3 nitrogen and oxygen atoms in total. The Morgan fingerprint density at radius 3 is 3.06 bits per heavy atom. The fraction of sp³-hybridized carbons (Fsp3) is 0.600. The summed E-state index contributed by atoms with van der Waals surface area (Å²) in [5.41, 5.74) is 4.04. The standard InChI is InChI=1S/C15H24N2O/c1-3-13-6-4-5-12(2)15(13)17-8-7-14-11-16-9-10-18-14/h4-6,14,16-17H,3,7-11H2,1-2H3. The van der Waals surface area contributed by atoms with Gasteiger partial charge in [0.05, 0.1) is 12.7 Å². The average Bonchev–Trinajstić information content (AvgIpc) is 2.41. The molecule has 1 saturated heterocycles. The SMILES string of the molecule is CCc1cccc(C)c1NCCC1CNCCO1. The number of ether oxygens (including phenoxy) is 1. The number of hydrogen-bond acceptors (Lipinski definition) is 3. The first-order chi connectivity index (χ1) is 8.81. The summed E-state index contributed by atoms with van der Waals surface area (Å²) in [6.45, 7) is 8.16. The molecule has 1 aromatic rings. The van der Waals surface area contributed by atoms with Gasteiger partial charge in [-0.15, -0.1) is 0 Å². The predicted molar refractivity (Wildman–Crippen MR) is 76.3 cm³/mol. The molecule has 2 N–H and O–H groups in total. The molecule has 1 unspecified atom stereocenters. The zero-order valence-electron chi connectivity index (χ0n) is 11.5. The van der Waals surface area contributed by atoms with Crippen LogP contribution in [0.4, 0.5) is 5.69 Å². The van der Waals surface area contributed by atoms with Crippen molar-refractivity contribution in [3.63, 3.8) is 0 Å². The van der Waals surface area contributed by atoms with Crippen molar-refractivity contribution in [3.8, 4) is 0 Å². The molecule has 1 heterocycles. The molecule has 1 aliphatic heterocycles. The normalized spacial score (nSPS) is 19.8. The molecule has 1 aliphatic rings. The Hall–Kier alpha value is -1.06. The number of anilines is 1. The third-order valence-corrected chi connectivity index (χ3v) is 3.51. The summed E-state index contributed by atoms with van der Waals surface area (Å²) in [5.74, 6) is 0. The maximum Gasteiger partial charge on any atom is 0.0716 e. The number of rotatable bonds is 5. The molecular formula is C15H24N2O. The molecule has 18 heavy (non-hydrogen) atoms. The Labute approximate surface area is 110 Å². The van der Waals surface area contributed by atoms with E-state index in [1.165, 1.54) is 16.8 Å². The van der Waals surface area contributed by atoms with Crippen LogP contribution < -0.4 is 10.6 Å². The van der Waals surface area contributed by atoms with Gasteiger partial charge < -0.3 is 15.4 Å². The topological polar surface area (TPSA) is 33.3 Å². The highest BCUT2D eigenvalue weighted by Crippen LogP contribution is 2.21. The van der Waals surface area contributed by atoms with Crippen LogP contribution in [0, 0.1) is 6.92 Å². The largest absolute Gasteiger partial charge is 0.385 e. The third kappa shape index (κ3) is 3.47. The van der Waals surface area contributed by atoms with Gasteiger partial charge in [-0.25, -0.2) is 0 Å². The molecule has 0 aliphatic carbocycles. The number of benzene rings is 1. The van der Waals surface area contributed by atoms with Crippen molar-refractivity contribution in [2.24, 2.45) is 0 Å². The van der Waals surface area contributed by atoms with Crippen LogP contribution in [0.3, 0.4) is 0 Å². The molecule has 100 valence electrons. The Balaban J connectivity index is 1.85. The van der Waals surface area contributed by atoms with E-state index in [1.807, 2.05) is 0 Å². The van der Waals surface area contributed by atoms with E-state index in [0.29, 0.717) is 6.10 Å². The van der Waals surface area contributed by atoms with E-state index in [2.05, 4.69) is 42.7 Å². The molecule has 0 radical (unpaired) electrons. The Morgan fingerprint density at radius 2 is 2.33 bits per heavy atom. The van der Waals surface area contributed by atoms with Crippen molar-refractivity contribution in [3.05, 3.63) is 29.3 Å². The number of nitrogens with one attached hydrogen (secondary N) is 2. The maximum absolute atomic E-state index is 5.70. The average molecular weight is 248 g/mol. The van der Waals surface area contributed by atoms with Gasteiger partial charge in [-0.05, 0) is 30.9 Å². The number of hydrogen-bond donors (Lipinski definition) is 2. The van der Waals surface area contributed by atoms with Crippen LogP contribution in [0.5, 0.6) is 0 Å². The Morgan fingerprint density at radius 1 is 1.44 bits per heavy atom. The number of morpholine rings is 1. The van der Waals surface area contributed by atoms with E-state index in [1.54, 1.807) is 0 Å². The van der Waals surface area contributed by atoms with Crippen LogP contribution in [0.25, 0.3) is 0 Å². The fourth-order valence-electron chi connectivity index (χ4n) is 2.44. The maximum atomic E-state index is 5.70. The van der Waals surface area contributed by atoms with Crippen molar-refractivity contribution in [1.29, 1.82) is 0 Å². The highest BCUT2D eigenvalue weighted by molar-refractivity contribution is 5.57. The Bertz CT molecular complexity index is 373. The molecule has 1 aromatic carbocycles. The van der Waals surface area contributed by atoms with Gasteiger partial charge in [0.25, 0.3) is 0 Å². The van der Waals surface area contributed by atoms with Gasteiger partial charge >= 0.3 is 0 Å². The lowest BCUT2D eigenvalue weighted by molar-refractivity contribution is 0.0258. The molecule has 0 spiro atoms. The molecule has 0 saturated carbocycles. The van der Waals surface area contributed by atoms with Gasteiger partial charge in [0.15, 0.2) is 0 Å². The van der Waals surface area contributed by atoms with Crippen LogP contribution in [-0.4, -0.2) is 32.3 Å². The molecule has 1 atom stereocenters. The highest BCUT2D eigenvalue weighted by Gasteiger charge is 2.13. The first kappa shape index (κ1) is 13.4. The molecule has 1 fully saturated rings. The predicted octanol–water partition coefficient (Wildman–Crippen LogP) is 2.35. The Kier molecular flexibility index (Phi) is 5.02. The minimum atomic E-state index is 0.361. The molecule has 2 rings (SSSR count). The summed E-state index contributed by atoms with van der Waals surface area (Å²) < 4.78 is 5.70. The summed E-state index contributed by atoms with van der Waals surface area (Å²) in [7, 11) is 0. The minimum absolute atomic E-state index is 0.361. The molecule has 3 heteroatoms. The summed E-state index contributed by atoms with van der Waals surface area (Å²) >= 11 is 0. The summed E-state index contributed by atoms with van der Waals surface area (Å²) in [4.78, 5) is 0. The van der Waals surface area contributed by atoms with E-state index >= 15 is 0 Å². The van der Waals surface area contributed by atoms with E-state index < -0.39 is 0 Å². The number of aryl methyl sites for hydroxylation is 2. The first-order valence-electron chi connectivity index (χ1n) is 6.96. The second kappa shape index (κ2) is 6.76. The van der Waals surface area contributed by atoms with E-state index in [9.17, 15) is 0 Å². The van der Waals surface area contributed by atoms with Crippen molar-refractivity contribution in [1.82, 2.24) is 5.32 Å². The lowest BCUT2D eigenvalue weighted by Crippen LogP contribution is -2.39. The van der Waals surface area contributed by atoms with Crippen LogP contribution in [0.2, 0.25) is 0 Å². The molecule has 0 aromatic heterocycles. The zero-order chi connectivity index (χ0) is 12.8. The minimum Gasteiger partial charge on any atom is -0.385 e. The fourth-order valence-corrected chi connectivity index (χ4v) is 2.44. The lowest BCUT2D eigenvalue weighted by Gasteiger charge is -2.24. The van der Waals surface area contributed by atoms with Gasteiger partial charge in [0.2, 0.25) is 0 Å². The van der Waals surface area contributed by atoms with E-state index in [4.69, 9.17) is 4.74 Å². The summed E-state index contributed by atoms with van der Waals surface area (Å²) in [5, 5.41) is 6.94. The zero-order valence-corrected chi connectivity index (χ0v) is 11.5. The van der Waals surface area contributed by atoms with Crippen LogP contribution in [-0.2, 0) is 11.2 Å². The highest BCUT2D eigenvalue weighted by atomic mass is 16.5. The van der Waals surface area contributed by atoms with Crippen LogP contribution >= 0.6 is 0 Å². The van der Waals surface area contributed by atoms with Crippen LogP contribution in [0.15, 0.2) is 18.2 Å². The van der Waals surface area contributed by atoms with E-state index in [-0.39, 0.29) is 0 Å². The first-order valence-corrected chi connectivity index (χ1v) is 6.96. The second-order valence-electron chi connectivity index (χ2n) is 4.87. The third-order valence-electron chi connectivity index (χ3n) is 3.51. The smallest absolute Gasteiger partial charge is 0.0716 e. The second-order valence-corrected chi connectivity index (χ2v) is 4.87. The van der Waals surface area contributed by atoms with Gasteiger partial charge in [-0.2, -0.15) is 0 Å².